The van der Waals surface area contributed by atoms with Gasteiger partial charge in [-0.1, -0.05) is 6.07 Å². The van der Waals surface area contributed by atoms with Gasteiger partial charge in [-0.05, 0) is 55.5 Å². The van der Waals surface area contributed by atoms with E-state index in [9.17, 15) is 0 Å². The van der Waals surface area contributed by atoms with Crippen LogP contribution in [0.3, 0.4) is 0 Å². The number of hydrogen-bond donors (Lipinski definition) is 0. The standard InChI is InChI=1S/C20H20N4S2/c1-12-7-8-25-18(12)10-24(4)20-16-9-15(5-6-17(16)21-11-22-20)19-13(2)23-14(3)26-19/h5-9,11H,10H2,1-4H3. The largest absolute Gasteiger partial charge is 0.354 e. The van der Waals surface area contributed by atoms with Gasteiger partial charge in [-0.3, -0.25) is 0 Å². The van der Waals surface area contributed by atoms with Crippen LogP contribution in [-0.4, -0.2) is 22.0 Å². The van der Waals surface area contributed by atoms with Crippen LogP contribution in [0.1, 0.15) is 21.1 Å². The number of nitrogens with zero attached hydrogens (tertiary/aromatic N) is 4. The highest BCUT2D eigenvalue weighted by Gasteiger charge is 2.14. The molecule has 1 aromatic carbocycles. The summed E-state index contributed by atoms with van der Waals surface area (Å²) in [6, 6.07) is 8.57. The van der Waals surface area contributed by atoms with Crippen molar-refractivity contribution in [3.63, 3.8) is 0 Å². The molecular weight excluding hydrogens is 360 g/mol. The van der Waals surface area contributed by atoms with Gasteiger partial charge in [-0.15, -0.1) is 22.7 Å². The van der Waals surface area contributed by atoms with E-state index in [-0.39, 0.29) is 0 Å². The fourth-order valence-corrected chi connectivity index (χ4v) is 5.02. The molecule has 4 nitrogen and oxygen atoms in total. The molecular formula is C20H20N4S2. The molecule has 0 fully saturated rings. The van der Waals surface area contributed by atoms with Gasteiger partial charge in [-0.25, -0.2) is 15.0 Å². The van der Waals surface area contributed by atoms with Crippen molar-refractivity contribution in [2.24, 2.45) is 0 Å². The Balaban J connectivity index is 1.78. The van der Waals surface area contributed by atoms with Crippen molar-refractivity contribution in [3.05, 3.63) is 57.1 Å². The van der Waals surface area contributed by atoms with Crippen molar-refractivity contribution >= 4 is 39.4 Å². The molecule has 0 aliphatic heterocycles. The molecule has 0 N–H and O–H groups in total. The minimum absolute atomic E-state index is 0.846. The number of fused-ring (bicyclic) bond motifs is 1. The smallest absolute Gasteiger partial charge is 0.139 e. The average molecular weight is 381 g/mol. The number of aryl methyl sites for hydroxylation is 3. The number of thiazole rings is 1. The highest BCUT2D eigenvalue weighted by molar-refractivity contribution is 7.15. The van der Waals surface area contributed by atoms with Gasteiger partial charge in [0.15, 0.2) is 0 Å². The molecule has 26 heavy (non-hydrogen) atoms. The number of benzene rings is 1. The van der Waals surface area contributed by atoms with Crippen LogP contribution >= 0.6 is 22.7 Å². The number of rotatable bonds is 4. The molecule has 3 aromatic heterocycles. The summed E-state index contributed by atoms with van der Waals surface area (Å²) in [7, 11) is 2.09. The van der Waals surface area contributed by atoms with Crippen LogP contribution in [0.15, 0.2) is 36.0 Å². The number of aromatic nitrogens is 3. The molecule has 0 saturated carbocycles. The molecule has 0 aliphatic rings. The van der Waals surface area contributed by atoms with Gasteiger partial charge < -0.3 is 4.90 Å². The maximum atomic E-state index is 4.59. The van der Waals surface area contributed by atoms with Crippen molar-refractivity contribution in [2.75, 3.05) is 11.9 Å². The van der Waals surface area contributed by atoms with E-state index >= 15 is 0 Å². The molecule has 6 heteroatoms. The normalized spacial score (nSPS) is 11.2. The first-order valence-electron chi connectivity index (χ1n) is 8.46. The predicted octanol–water partition coefficient (Wildman–Crippen LogP) is 5.38. The van der Waals surface area contributed by atoms with Crippen LogP contribution < -0.4 is 4.90 Å². The highest BCUT2D eigenvalue weighted by atomic mass is 32.1. The second-order valence-electron chi connectivity index (χ2n) is 6.46. The third-order valence-corrected chi connectivity index (χ3v) is 6.62. The van der Waals surface area contributed by atoms with Crippen molar-refractivity contribution in [3.8, 4) is 10.4 Å². The second-order valence-corrected chi connectivity index (χ2v) is 8.66. The minimum Gasteiger partial charge on any atom is -0.354 e. The molecule has 0 saturated heterocycles. The highest BCUT2D eigenvalue weighted by Crippen LogP contribution is 2.34. The first kappa shape index (κ1) is 17.1. The zero-order valence-corrected chi connectivity index (χ0v) is 16.9. The van der Waals surface area contributed by atoms with Crippen molar-refractivity contribution in [2.45, 2.75) is 27.3 Å². The second kappa shape index (κ2) is 6.78. The Hall–Kier alpha value is -2.31. The van der Waals surface area contributed by atoms with E-state index in [4.69, 9.17) is 0 Å². The molecule has 0 bridgehead atoms. The fourth-order valence-electron chi connectivity index (χ4n) is 3.14. The Bertz CT molecular complexity index is 1080. The van der Waals surface area contributed by atoms with E-state index in [1.807, 2.05) is 6.92 Å². The van der Waals surface area contributed by atoms with E-state index in [1.54, 1.807) is 29.0 Å². The van der Waals surface area contributed by atoms with Gasteiger partial charge in [0, 0.05) is 17.3 Å². The molecule has 4 rings (SSSR count). The lowest BCUT2D eigenvalue weighted by molar-refractivity contribution is 0.909. The third kappa shape index (κ3) is 3.10. The molecule has 0 atom stereocenters. The van der Waals surface area contributed by atoms with Crippen molar-refractivity contribution in [1.82, 2.24) is 15.0 Å². The average Bonchev–Trinajstić information content (AvgIpc) is 3.18. The van der Waals surface area contributed by atoms with E-state index < -0.39 is 0 Å². The maximum absolute atomic E-state index is 4.59. The quantitative estimate of drug-likeness (QED) is 0.477. The molecule has 0 unspecified atom stereocenters. The van der Waals surface area contributed by atoms with E-state index in [0.717, 1.165) is 34.0 Å². The first-order chi connectivity index (χ1) is 12.5. The molecule has 132 valence electrons. The van der Waals surface area contributed by atoms with Crippen LogP contribution in [0.2, 0.25) is 0 Å². The summed E-state index contributed by atoms with van der Waals surface area (Å²) >= 11 is 3.52. The molecule has 0 amide bonds. The van der Waals surface area contributed by atoms with Gasteiger partial charge in [0.2, 0.25) is 0 Å². The van der Waals surface area contributed by atoms with Crippen LogP contribution in [0, 0.1) is 20.8 Å². The fraction of sp³-hybridized carbons (Fsp3) is 0.250. The van der Waals surface area contributed by atoms with Crippen molar-refractivity contribution in [1.29, 1.82) is 0 Å². The van der Waals surface area contributed by atoms with E-state index in [1.165, 1.54) is 20.9 Å². The van der Waals surface area contributed by atoms with Crippen molar-refractivity contribution < 1.29 is 0 Å². The van der Waals surface area contributed by atoms with Crippen LogP contribution in [0.25, 0.3) is 21.3 Å². The Labute approximate surface area is 161 Å². The van der Waals surface area contributed by atoms with Crippen LogP contribution in [-0.2, 0) is 6.54 Å². The number of hydrogen-bond acceptors (Lipinski definition) is 6. The molecule has 0 spiro atoms. The molecule has 4 aromatic rings. The van der Waals surface area contributed by atoms with Gasteiger partial charge in [0.25, 0.3) is 0 Å². The maximum Gasteiger partial charge on any atom is 0.139 e. The summed E-state index contributed by atoms with van der Waals surface area (Å²) in [5.74, 6) is 0.962. The lowest BCUT2D eigenvalue weighted by Crippen LogP contribution is -2.18. The lowest BCUT2D eigenvalue weighted by Gasteiger charge is -2.19. The Kier molecular flexibility index (Phi) is 4.46. The van der Waals surface area contributed by atoms with Gasteiger partial charge >= 0.3 is 0 Å². The summed E-state index contributed by atoms with van der Waals surface area (Å²) in [5, 5.41) is 4.31. The monoisotopic (exact) mass is 380 g/mol. The summed E-state index contributed by atoms with van der Waals surface area (Å²) < 4.78 is 0. The van der Waals surface area contributed by atoms with Gasteiger partial charge in [-0.2, -0.15) is 0 Å². The Morgan fingerprint density at radius 3 is 2.62 bits per heavy atom. The summed E-state index contributed by atoms with van der Waals surface area (Å²) in [4.78, 5) is 18.4. The van der Waals surface area contributed by atoms with Gasteiger partial charge in [0.1, 0.15) is 12.1 Å². The van der Waals surface area contributed by atoms with E-state index in [2.05, 4.69) is 70.4 Å². The summed E-state index contributed by atoms with van der Waals surface area (Å²) in [6.07, 6.45) is 1.65. The van der Waals surface area contributed by atoms with Gasteiger partial charge in [0.05, 0.1) is 27.6 Å². The Morgan fingerprint density at radius 1 is 1.08 bits per heavy atom. The van der Waals surface area contributed by atoms with Crippen LogP contribution in [0.4, 0.5) is 5.82 Å². The summed E-state index contributed by atoms with van der Waals surface area (Å²) in [6.45, 7) is 7.12. The third-order valence-electron chi connectivity index (χ3n) is 4.49. The summed E-state index contributed by atoms with van der Waals surface area (Å²) in [5.41, 5.74) is 4.55. The first-order valence-corrected chi connectivity index (χ1v) is 10.2. The van der Waals surface area contributed by atoms with E-state index in [0.29, 0.717) is 0 Å². The topological polar surface area (TPSA) is 41.9 Å². The molecule has 3 heterocycles. The number of anilines is 1. The predicted molar refractivity (Wildman–Crippen MR) is 111 cm³/mol. The minimum atomic E-state index is 0.846. The SMILES string of the molecule is Cc1nc(C)c(-c2ccc3ncnc(N(C)Cc4sccc4C)c3c2)s1. The zero-order chi connectivity index (χ0) is 18.3. The number of thiophene rings is 1. The lowest BCUT2D eigenvalue weighted by atomic mass is 10.1. The van der Waals surface area contributed by atoms with Crippen LogP contribution in [0.5, 0.6) is 0 Å². The molecule has 0 radical (unpaired) electrons. The molecule has 0 aliphatic carbocycles. The Morgan fingerprint density at radius 2 is 1.92 bits per heavy atom. The zero-order valence-electron chi connectivity index (χ0n) is 15.3.